The van der Waals surface area contributed by atoms with Gasteiger partial charge in [-0.25, -0.2) is 8.42 Å². The minimum absolute atomic E-state index is 0.0511. The van der Waals surface area contributed by atoms with Crippen LogP contribution in [0.15, 0.2) is 42.5 Å². The molecule has 2 rings (SSSR count). The van der Waals surface area contributed by atoms with Gasteiger partial charge in [0.15, 0.2) is 0 Å². The molecular formula is C24H29ClF3N3O5S. The molecule has 0 saturated heterocycles. The van der Waals surface area contributed by atoms with Crippen molar-refractivity contribution >= 4 is 39.1 Å². The monoisotopic (exact) mass is 563 g/mol. The number of amides is 2. The Morgan fingerprint density at radius 1 is 1.11 bits per heavy atom. The number of benzene rings is 2. The fourth-order valence-electron chi connectivity index (χ4n) is 3.64. The predicted octanol–water partition coefficient (Wildman–Crippen LogP) is 4.08. The van der Waals surface area contributed by atoms with Crippen molar-refractivity contribution in [3.05, 3.63) is 58.6 Å². The average Bonchev–Trinajstić information content (AvgIpc) is 2.82. The summed E-state index contributed by atoms with van der Waals surface area (Å²) >= 11 is 5.68. The lowest BCUT2D eigenvalue weighted by molar-refractivity contribution is -0.140. The van der Waals surface area contributed by atoms with Gasteiger partial charge < -0.3 is 15.0 Å². The molecule has 0 aliphatic heterocycles. The predicted molar refractivity (Wildman–Crippen MR) is 135 cm³/mol. The van der Waals surface area contributed by atoms with E-state index in [1.165, 1.54) is 12.0 Å². The molecule has 0 bridgehead atoms. The maximum atomic E-state index is 13.5. The molecule has 0 aromatic heterocycles. The summed E-state index contributed by atoms with van der Waals surface area (Å²) in [6.07, 6.45) is -3.85. The molecule has 1 atom stereocenters. The Morgan fingerprint density at radius 3 is 2.22 bits per heavy atom. The first-order valence-corrected chi connectivity index (χ1v) is 13.5. The van der Waals surface area contributed by atoms with Crippen molar-refractivity contribution in [3.8, 4) is 5.75 Å². The molecule has 0 spiro atoms. The molecule has 13 heteroatoms. The van der Waals surface area contributed by atoms with E-state index in [-0.39, 0.29) is 18.7 Å². The zero-order valence-corrected chi connectivity index (χ0v) is 22.4. The first kappa shape index (κ1) is 30.2. The minimum atomic E-state index is -4.84. The topological polar surface area (TPSA) is 96.0 Å². The van der Waals surface area contributed by atoms with Crippen molar-refractivity contribution in [3.63, 3.8) is 0 Å². The first-order valence-electron chi connectivity index (χ1n) is 11.3. The number of hydrogen-bond donors (Lipinski definition) is 1. The van der Waals surface area contributed by atoms with E-state index in [1.807, 2.05) is 0 Å². The van der Waals surface area contributed by atoms with Crippen molar-refractivity contribution in [1.82, 2.24) is 10.2 Å². The second kappa shape index (κ2) is 12.5. The van der Waals surface area contributed by atoms with E-state index < -0.39 is 51.2 Å². The molecule has 0 unspecified atom stereocenters. The van der Waals surface area contributed by atoms with E-state index in [2.05, 4.69) is 5.32 Å². The quantitative estimate of drug-likeness (QED) is 0.444. The Labute approximate surface area is 219 Å². The molecule has 2 aromatic carbocycles. The van der Waals surface area contributed by atoms with Crippen LogP contribution in [0.5, 0.6) is 5.75 Å². The van der Waals surface area contributed by atoms with Crippen LogP contribution in [0, 0.1) is 0 Å². The number of halogens is 4. The van der Waals surface area contributed by atoms with Gasteiger partial charge in [0, 0.05) is 13.1 Å². The fourth-order valence-corrected chi connectivity index (χ4v) is 4.70. The van der Waals surface area contributed by atoms with E-state index >= 15 is 0 Å². The molecule has 1 N–H and O–H groups in total. The Balaban J connectivity index is 2.50. The number of carbonyl (C=O) groups is 2. The lowest BCUT2D eigenvalue weighted by Crippen LogP contribution is -2.52. The van der Waals surface area contributed by atoms with Crippen molar-refractivity contribution in [2.75, 3.05) is 30.8 Å². The van der Waals surface area contributed by atoms with Gasteiger partial charge in [-0.2, -0.15) is 13.2 Å². The number of carbonyl (C=O) groups excluding carboxylic acids is 2. The number of alkyl halides is 3. The van der Waals surface area contributed by atoms with Crippen LogP contribution in [0.3, 0.4) is 0 Å². The normalized spacial score (nSPS) is 12.5. The number of likely N-dealkylation sites (N-methyl/N-ethyl adjacent to an activating group) is 1. The summed E-state index contributed by atoms with van der Waals surface area (Å²) in [6.45, 7) is 2.83. The van der Waals surface area contributed by atoms with Gasteiger partial charge in [0.05, 0.1) is 29.6 Å². The van der Waals surface area contributed by atoms with Crippen molar-refractivity contribution in [2.24, 2.45) is 0 Å². The number of methoxy groups -OCH3 is 1. The highest BCUT2D eigenvalue weighted by atomic mass is 35.5. The molecule has 0 aliphatic carbocycles. The molecule has 0 fully saturated rings. The second-order valence-electron chi connectivity index (χ2n) is 8.12. The van der Waals surface area contributed by atoms with Gasteiger partial charge in [-0.05, 0) is 49.2 Å². The van der Waals surface area contributed by atoms with Gasteiger partial charge in [-0.15, -0.1) is 0 Å². The zero-order chi connectivity index (χ0) is 28.0. The third-order valence-electron chi connectivity index (χ3n) is 5.47. The molecule has 204 valence electrons. The molecule has 2 aromatic rings. The smallest absolute Gasteiger partial charge is 0.417 e. The third kappa shape index (κ3) is 8.00. The number of rotatable bonds is 11. The van der Waals surface area contributed by atoms with E-state index in [4.69, 9.17) is 16.3 Å². The lowest BCUT2D eigenvalue weighted by Gasteiger charge is -2.33. The van der Waals surface area contributed by atoms with Crippen LogP contribution in [-0.4, -0.2) is 57.6 Å². The SMILES string of the molecule is CCNC(=O)[C@H](CC)N(Cc1ccc(OC)cc1)C(=O)CN(c1ccc(Cl)c(C(F)(F)F)c1)S(C)(=O)=O. The highest BCUT2D eigenvalue weighted by Gasteiger charge is 2.36. The molecule has 0 radical (unpaired) electrons. The van der Waals surface area contributed by atoms with E-state index in [0.717, 1.165) is 18.4 Å². The van der Waals surface area contributed by atoms with E-state index in [9.17, 15) is 31.2 Å². The van der Waals surface area contributed by atoms with Crippen LogP contribution >= 0.6 is 11.6 Å². The molecule has 2 amide bonds. The Morgan fingerprint density at radius 2 is 1.73 bits per heavy atom. The van der Waals surface area contributed by atoms with Crippen molar-refractivity contribution in [1.29, 1.82) is 0 Å². The Hall–Kier alpha value is -2.99. The van der Waals surface area contributed by atoms with Gasteiger partial charge in [-0.1, -0.05) is 30.7 Å². The third-order valence-corrected chi connectivity index (χ3v) is 6.94. The summed E-state index contributed by atoms with van der Waals surface area (Å²) in [4.78, 5) is 27.5. The van der Waals surface area contributed by atoms with Crippen LogP contribution < -0.4 is 14.4 Å². The van der Waals surface area contributed by atoms with Crippen molar-refractivity contribution in [2.45, 2.75) is 39.0 Å². The number of hydrogen-bond acceptors (Lipinski definition) is 5. The van der Waals surface area contributed by atoms with Gasteiger partial charge in [0.2, 0.25) is 21.8 Å². The van der Waals surface area contributed by atoms with Gasteiger partial charge >= 0.3 is 6.18 Å². The maximum absolute atomic E-state index is 13.5. The van der Waals surface area contributed by atoms with Crippen LogP contribution in [0.1, 0.15) is 31.4 Å². The van der Waals surface area contributed by atoms with Gasteiger partial charge in [0.1, 0.15) is 18.3 Å². The minimum Gasteiger partial charge on any atom is -0.497 e. The summed E-state index contributed by atoms with van der Waals surface area (Å²) in [5.74, 6) is -0.643. The summed E-state index contributed by atoms with van der Waals surface area (Å²) in [6, 6.07) is 8.33. The number of ether oxygens (including phenoxy) is 1. The number of sulfonamides is 1. The molecule has 0 saturated carbocycles. The largest absolute Gasteiger partial charge is 0.497 e. The molecule has 0 heterocycles. The van der Waals surface area contributed by atoms with Crippen molar-refractivity contribution < 1.29 is 35.9 Å². The second-order valence-corrected chi connectivity index (χ2v) is 10.4. The number of anilines is 1. The molecule has 37 heavy (non-hydrogen) atoms. The fraction of sp³-hybridized carbons (Fsp3) is 0.417. The zero-order valence-electron chi connectivity index (χ0n) is 20.8. The molecule has 8 nitrogen and oxygen atoms in total. The Kier molecular flexibility index (Phi) is 10.2. The average molecular weight is 564 g/mol. The maximum Gasteiger partial charge on any atom is 0.417 e. The van der Waals surface area contributed by atoms with Gasteiger partial charge in [0.25, 0.3) is 0 Å². The highest BCUT2D eigenvalue weighted by molar-refractivity contribution is 7.92. The summed E-state index contributed by atoms with van der Waals surface area (Å²) in [7, 11) is -2.71. The Bertz CT molecular complexity index is 1210. The lowest BCUT2D eigenvalue weighted by atomic mass is 10.1. The van der Waals surface area contributed by atoms with Gasteiger partial charge in [-0.3, -0.25) is 13.9 Å². The van der Waals surface area contributed by atoms with E-state index in [1.54, 1.807) is 38.1 Å². The summed E-state index contributed by atoms with van der Waals surface area (Å²) < 4.78 is 71.1. The van der Waals surface area contributed by atoms with Crippen LogP contribution in [0.25, 0.3) is 0 Å². The van der Waals surface area contributed by atoms with Crippen LogP contribution in [0.2, 0.25) is 5.02 Å². The summed E-state index contributed by atoms with van der Waals surface area (Å²) in [5, 5.41) is 2.05. The van der Waals surface area contributed by atoms with Crippen LogP contribution in [-0.2, 0) is 32.3 Å². The molecule has 0 aliphatic rings. The standard InChI is InChI=1S/C24H29ClF3N3O5S/c1-5-21(23(33)29-6-2)30(14-16-7-10-18(36-3)11-8-16)22(32)15-31(37(4,34)35)17-9-12-20(25)19(13-17)24(26,27)28/h7-13,21H,5-6,14-15H2,1-4H3,(H,29,33)/t21-/m0/s1. The number of nitrogens with zero attached hydrogens (tertiary/aromatic N) is 2. The highest BCUT2D eigenvalue weighted by Crippen LogP contribution is 2.37. The van der Waals surface area contributed by atoms with E-state index in [0.29, 0.717) is 28.2 Å². The summed E-state index contributed by atoms with van der Waals surface area (Å²) in [5.41, 5.74) is -0.992. The molecular weight excluding hydrogens is 535 g/mol. The first-order chi connectivity index (χ1) is 17.2. The van der Waals surface area contributed by atoms with Crippen LogP contribution in [0.4, 0.5) is 18.9 Å². The number of nitrogens with one attached hydrogen (secondary N) is 1.